The van der Waals surface area contributed by atoms with Gasteiger partial charge in [0, 0.05) is 12.4 Å². The maximum Gasteiger partial charge on any atom is 0.422 e. The number of alkyl halides is 4. The van der Waals surface area contributed by atoms with Crippen LogP contribution in [0, 0.1) is 0 Å². The van der Waals surface area contributed by atoms with E-state index in [1.165, 1.54) is 12.4 Å². The van der Waals surface area contributed by atoms with E-state index in [9.17, 15) is 13.2 Å². The van der Waals surface area contributed by atoms with E-state index in [1.54, 1.807) is 0 Å². The molecule has 0 amide bonds. The number of hydrogen-bond acceptors (Lipinski definition) is 3. The van der Waals surface area contributed by atoms with E-state index in [4.69, 9.17) is 0 Å². The van der Waals surface area contributed by atoms with Gasteiger partial charge in [0.1, 0.15) is 5.69 Å². The fourth-order valence-corrected chi connectivity index (χ4v) is 1.10. The molecule has 0 saturated heterocycles. The van der Waals surface area contributed by atoms with E-state index >= 15 is 0 Å². The van der Waals surface area contributed by atoms with Gasteiger partial charge in [0.25, 0.3) is 0 Å². The van der Waals surface area contributed by atoms with Crippen molar-refractivity contribution < 1.29 is 17.9 Å². The molecule has 7 heteroatoms. The molecule has 1 heterocycles. The molecule has 0 N–H and O–H groups in total. The minimum Gasteiger partial charge on any atom is -0.467 e. The highest BCUT2D eigenvalue weighted by Gasteiger charge is 2.29. The first-order valence-corrected chi connectivity index (χ1v) is 4.70. The van der Waals surface area contributed by atoms with Gasteiger partial charge in [0.2, 0.25) is 5.88 Å². The van der Waals surface area contributed by atoms with E-state index in [1.807, 2.05) is 0 Å². The highest BCUT2D eigenvalue weighted by Crippen LogP contribution is 2.19. The van der Waals surface area contributed by atoms with Crippen molar-refractivity contribution in [2.24, 2.45) is 0 Å². The van der Waals surface area contributed by atoms with Gasteiger partial charge in [-0.1, -0.05) is 15.9 Å². The highest BCUT2D eigenvalue weighted by molar-refractivity contribution is 9.08. The van der Waals surface area contributed by atoms with Crippen molar-refractivity contribution in [2.45, 2.75) is 11.5 Å². The van der Waals surface area contributed by atoms with Crippen molar-refractivity contribution >= 4 is 15.9 Å². The molecule has 0 bridgehead atoms. The van der Waals surface area contributed by atoms with E-state index in [-0.39, 0.29) is 5.88 Å². The van der Waals surface area contributed by atoms with Crippen LogP contribution in [0.15, 0.2) is 12.4 Å². The van der Waals surface area contributed by atoms with Crippen LogP contribution in [0.3, 0.4) is 0 Å². The molecule has 78 valence electrons. The Labute approximate surface area is 86.4 Å². The van der Waals surface area contributed by atoms with Crippen LogP contribution in [-0.2, 0) is 5.33 Å². The monoisotopic (exact) mass is 270 g/mol. The Morgan fingerprint density at radius 2 is 1.93 bits per heavy atom. The topological polar surface area (TPSA) is 35.0 Å². The molecular weight excluding hydrogens is 265 g/mol. The average molecular weight is 271 g/mol. The predicted octanol–water partition coefficient (Wildman–Crippen LogP) is 2.31. The molecule has 0 aliphatic rings. The quantitative estimate of drug-likeness (QED) is 0.791. The second-order valence-corrected chi connectivity index (χ2v) is 2.91. The van der Waals surface area contributed by atoms with Gasteiger partial charge in [-0.15, -0.1) is 0 Å². The molecule has 1 aromatic heterocycles. The molecule has 0 radical (unpaired) electrons. The van der Waals surface area contributed by atoms with Crippen LogP contribution < -0.4 is 4.74 Å². The Bertz CT molecular complexity index is 305. The van der Waals surface area contributed by atoms with Gasteiger partial charge in [-0.25, -0.2) is 4.98 Å². The third kappa shape index (κ3) is 3.49. The van der Waals surface area contributed by atoms with E-state index < -0.39 is 12.8 Å². The molecule has 0 aliphatic heterocycles. The van der Waals surface area contributed by atoms with Crippen LogP contribution in [0.25, 0.3) is 0 Å². The first-order chi connectivity index (χ1) is 6.53. The first kappa shape index (κ1) is 11.2. The molecule has 0 aromatic carbocycles. The Morgan fingerprint density at radius 1 is 1.29 bits per heavy atom. The standard InChI is InChI=1S/C7H6BrF3N2O/c8-3-5-6(13-2-1-12-5)14-4-7(9,10)11/h1-2H,3-4H2. The molecule has 0 aliphatic carbocycles. The number of halogens is 4. The van der Waals surface area contributed by atoms with Crippen molar-refractivity contribution in [2.75, 3.05) is 6.61 Å². The summed E-state index contributed by atoms with van der Waals surface area (Å²) in [6, 6.07) is 0. The summed E-state index contributed by atoms with van der Waals surface area (Å²) in [4.78, 5) is 7.43. The Kier molecular flexibility index (Phi) is 3.68. The van der Waals surface area contributed by atoms with Gasteiger partial charge >= 0.3 is 6.18 Å². The SMILES string of the molecule is FC(F)(F)COc1nccnc1CBr. The maximum absolute atomic E-state index is 11.8. The average Bonchev–Trinajstić information content (AvgIpc) is 2.14. The minimum atomic E-state index is -4.36. The molecule has 0 spiro atoms. The molecule has 1 rings (SSSR count). The normalized spacial score (nSPS) is 11.4. The van der Waals surface area contributed by atoms with Crippen LogP contribution in [-0.4, -0.2) is 22.8 Å². The zero-order valence-corrected chi connectivity index (χ0v) is 8.47. The van der Waals surface area contributed by atoms with E-state index in [0.29, 0.717) is 11.0 Å². The lowest BCUT2D eigenvalue weighted by Gasteiger charge is -2.09. The summed E-state index contributed by atoms with van der Waals surface area (Å²) in [6.07, 6.45) is -1.70. The summed E-state index contributed by atoms with van der Waals surface area (Å²) in [5, 5.41) is 0.300. The van der Waals surface area contributed by atoms with Crippen molar-refractivity contribution in [3.8, 4) is 5.88 Å². The van der Waals surface area contributed by atoms with Crippen LogP contribution in [0.1, 0.15) is 5.69 Å². The van der Waals surface area contributed by atoms with Crippen molar-refractivity contribution in [3.05, 3.63) is 18.1 Å². The van der Waals surface area contributed by atoms with Crippen molar-refractivity contribution in [3.63, 3.8) is 0 Å². The Hall–Kier alpha value is -0.850. The zero-order valence-electron chi connectivity index (χ0n) is 6.88. The number of ether oxygens (including phenoxy) is 1. The van der Waals surface area contributed by atoms with Crippen molar-refractivity contribution in [1.29, 1.82) is 0 Å². The summed E-state index contributed by atoms with van der Waals surface area (Å²) in [5.74, 6) is -0.0956. The van der Waals surface area contributed by atoms with Crippen LogP contribution in [0.4, 0.5) is 13.2 Å². The largest absolute Gasteiger partial charge is 0.467 e. The lowest BCUT2D eigenvalue weighted by Crippen LogP contribution is -2.20. The van der Waals surface area contributed by atoms with Gasteiger partial charge < -0.3 is 4.74 Å². The molecule has 0 fully saturated rings. The molecule has 14 heavy (non-hydrogen) atoms. The fourth-order valence-electron chi connectivity index (χ4n) is 0.716. The summed E-state index contributed by atoms with van der Waals surface area (Å²) < 4.78 is 39.8. The van der Waals surface area contributed by atoms with E-state index in [2.05, 4.69) is 30.6 Å². The molecule has 1 aromatic rings. The summed E-state index contributed by atoms with van der Waals surface area (Å²) in [7, 11) is 0. The van der Waals surface area contributed by atoms with Crippen LogP contribution in [0.5, 0.6) is 5.88 Å². The van der Waals surface area contributed by atoms with Gasteiger partial charge in [0.05, 0.1) is 5.33 Å². The van der Waals surface area contributed by atoms with Gasteiger partial charge in [0.15, 0.2) is 6.61 Å². The second-order valence-electron chi connectivity index (χ2n) is 2.35. The van der Waals surface area contributed by atoms with Crippen molar-refractivity contribution in [1.82, 2.24) is 9.97 Å². The summed E-state index contributed by atoms with van der Waals surface area (Å²) >= 11 is 3.07. The summed E-state index contributed by atoms with van der Waals surface area (Å²) in [5.41, 5.74) is 0.344. The number of hydrogen-bond donors (Lipinski definition) is 0. The molecule has 0 saturated carbocycles. The van der Waals surface area contributed by atoms with Gasteiger partial charge in [-0.2, -0.15) is 13.2 Å². The Morgan fingerprint density at radius 3 is 2.50 bits per heavy atom. The third-order valence-corrected chi connectivity index (χ3v) is 1.77. The van der Waals surface area contributed by atoms with Gasteiger partial charge in [-0.05, 0) is 0 Å². The smallest absolute Gasteiger partial charge is 0.422 e. The van der Waals surface area contributed by atoms with Crippen LogP contribution >= 0.6 is 15.9 Å². The fraction of sp³-hybridized carbons (Fsp3) is 0.429. The highest BCUT2D eigenvalue weighted by atomic mass is 79.9. The molecular formula is C7H6BrF3N2O. The lowest BCUT2D eigenvalue weighted by molar-refractivity contribution is -0.154. The second kappa shape index (κ2) is 4.59. The summed E-state index contributed by atoms with van der Waals surface area (Å²) in [6.45, 7) is -1.36. The maximum atomic E-state index is 11.8. The lowest BCUT2D eigenvalue weighted by atomic mass is 10.5. The predicted molar refractivity (Wildman–Crippen MR) is 46.2 cm³/mol. The van der Waals surface area contributed by atoms with Crippen LogP contribution in [0.2, 0.25) is 0 Å². The number of aromatic nitrogens is 2. The Balaban J connectivity index is 2.67. The molecule has 3 nitrogen and oxygen atoms in total. The zero-order chi connectivity index (χ0) is 10.6. The third-order valence-electron chi connectivity index (χ3n) is 1.23. The number of nitrogens with zero attached hydrogens (tertiary/aromatic N) is 2. The van der Waals surface area contributed by atoms with E-state index in [0.717, 1.165) is 0 Å². The first-order valence-electron chi connectivity index (χ1n) is 3.58. The minimum absolute atomic E-state index is 0.0956. The van der Waals surface area contributed by atoms with Gasteiger partial charge in [-0.3, -0.25) is 4.98 Å². The molecule has 0 unspecified atom stereocenters. The molecule has 0 atom stereocenters. The number of rotatable bonds is 3.